The summed E-state index contributed by atoms with van der Waals surface area (Å²) in [7, 11) is 0. The first-order chi connectivity index (χ1) is 23.2. The summed E-state index contributed by atoms with van der Waals surface area (Å²) >= 11 is 0. The predicted molar refractivity (Wildman–Crippen MR) is 193 cm³/mol. The van der Waals surface area contributed by atoms with Gasteiger partial charge in [-0.05, 0) is 44.4 Å². The average molecular weight is 673 g/mol. The molecule has 11 heteroatoms. The van der Waals surface area contributed by atoms with Gasteiger partial charge in [0.25, 0.3) is 5.56 Å². The molecule has 2 heterocycles. The lowest BCUT2D eigenvalue weighted by Crippen LogP contribution is -2.37. The highest BCUT2D eigenvalue weighted by Crippen LogP contribution is 2.16. The number of carbonyl (C=O) groups is 2. The molecular weight excluding hydrogens is 608 g/mol. The van der Waals surface area contributed by atoms with Gasteiger partial charge in [-0.25, -0.2) is 4.98 Å². The number of hydrogen-bond acceptors (Lipinski definition) is 9. The number of rotatable bonds is 28. The Morgan fingerprint density at radius 3 is 2.08 bits per heavy atom. The van der Waals surface area contributed by atoms with Crippen LogP contribution in [-0.4, -0.2) is 50.7 Å². The molecule has 2 rings (SSSR count). The van der Waals surface area contributed by atoms with E-state index < -0.39 is 17.6 Å². The van der Waals surface area contributed by atoms with Crippen LogP contribution < -0.4 is 17.0 Å². The first-order valence-corrected chi connectivity index (χ1v) is 18.7. The molecule has 0 aromatic carbocycles. The van der Waals surface area contributed by atoms with Gasteiger partial charge in [0, 0.05) is 18.9 Å². The lowest BCUT2D eigenvalue weighted by Gasteiger charge is -2.19. The van der Waals surface area contributed by atoms with Crippen LogP contribution in [0.2, 0.25) is 0 Å². The number of aromatic nitrogens is 4. The van der Waals surface area contributed by atoms with Crippen LogP contribution in [0, 0.1) is 11.8 Å². The van der Waals surface area contributed by atoms with Gasteiger partial charge in [-0.1, -0.05) is 110 Å². The third kappa shape index (κ3) is 17.3. The Labute approximate surface area is 288 Å². The highest BCUT2D eigenvalue weighted by atomic mass is 16.5. The van der Waals surface area contributed by atoms with E-state index in [-0.39, 0.29) is 42.5 Å². The molecule has 48 heavy (non-hydrogen) atoms. The Morgan fingerprint density at radius 1 is 0.896 bits per heavy atom. The molecule has 5 N–H and O–H groups in total. The minimum atomic E-state index is -0.699. The van der Waals surface area contributed by atoms with Crippen LogP contribution in [0.25, 0.3) is 11.2 Å². The summed E-state index contributed by atoms with van der Waals surface area (Å²) in [6, 6.07) is -0.699. The largest absolute Gasteiger partial charge is 0.465 e. The van der Waals surface area contributed by atoms with Crippen molar-refractivity contribution in [2.45, 2.75) is 155 Å². The fourth-order valence-electron chi connectivity index (χ4n) is 5.63. The lowest BCUT2D eigenvalue weighted by molar-refractivity contribution is -0.149. The van der Waals surface area contributed by atoms with E-state index in [9.17, 15) is 14.4 Å². The number of ether oxygens (including phenoxy) is 2. The van der Waals surface area contributed by atoms with Gasteiger partial charge in [-0.2, -0.15) is 4.98 Å². The SMILES string of the molecule is CCCCCCCCC=CCCCCCCCCCCCC(=O)OC[C@H](CCOC(=O)[C@@H](N)C(C)C)Cn1cnc2c(=O)[nH]c(N)nc21. The molecule has 0 aliphatic heterocycles. The number of H-pyrrole nitrogens is 1. The van der Waals surface area contributed by atoms with E-state index >= 15 is 0 Å². The number of allylic oxidation sites excluding steroid dienone is 2. The van der Waals surface area contributed by atoms with Gasteiger partial charge >= 0.3 is 11.9 Å². The van der Waals surface area contributed by atoms with Crippen LogP contribution in [0.5, 0.6) is 0 Å². The number of unbranched alkanes of at least 4 members (excludes halogenated alkanes) is 15. The van der Waals surface area contributed by atoms with E-state index in [0.717, 1.165) is 19.3 Å². The number of imidazole rings is 1. The van der Waals surface area contributed by atoms with Gasteiger partial charge in [-0.15, -0.1) is 0 Å². The van der Waals surface area contributed by atoms with Gasteiger partial charge in [0.15, 0.2) is 11.2 Å². The normalized spacial score (nSPS) is 13.0. The third-order valence-corrected chi connectivity index (χ3v) is 8.83. The summed E-state index contributed by atoms with van der Waals surface area (Å²) in [6.45, 7) is 6.60. The highest BCUT2D eigenvalue weighted by molar-refractivity contribution is 5.75. The zero-order chi connectivity index (χ0) is 35.0. The Hall–Kier alpha value is -3.21. The molecule has 2 aromatic rings. The van der Waals surface area contributed by atoms with Crippen molar-refractivity contribution in [3.8, 4) is 0 Å². The van der Waals surface area contributed by atoms with Gasteiger partial charge in [0.05, 0.1) is 19.5 Å². The number of nitrogens with zero attached hydrogens (tertiary/aromatic N) is 3. The molecule has 2 atom stereocenters. The highest BCUT2D eigenvalue weighted by Gasteiger charge is 2.21. The van der Waals surface area contributed by atoms with Crippen LogP contribution in [0.1, 0.15) is 143 Å². The van der Waals surface area contributed by atoms with Crippen LogP contribution in [0.15, 0.2) is 23.3 Å². The van der Waals surface area contributed by atoms with E-state index in [1.165, 1.54) is 96.2 Å². The maximum absolute atomic E-state index is 12.6. The second kappa shape index (κ2) is 24.9. The number of aromatic amines is 1. The number of nitrogens with one attached hydrogen (secondary N) is 1. The minimum absolute atomic E-state index is 0.00826. The standard InChI is InChI=1S/C37H64N6O5/c1-4-5-6-7-8-9-10-11-12-13-14-15-16-17-18-19-20-21-22-23-31(44)48-27-30(24-25-47-36(46)32(38)29(2)3)26-43-28-40-33-34(43)41-37(39)42-35(33)45/h11-12,28-30,32H,4-10,13-27,38H2,1-3H3,(H3,39,41,42,45)/t30-,32+/m1/s1. The van der Waals surface area contributed by atoms with Crippen LogP contribution >= 0.6 is 0 Å². The Morgan fingerprint density at radius 2 is 1.48 bits per heavy atom. The topological polar surface area (TPSA) is 168 Å². The Bertz CT molecular complexity index is 1260. The van der Waals surface area contributed by atoms with Crippen LogP contribution in [0.3, 0.4) is 0 Å². The van der Waals surface area contributed by atoms with Crippen LogP contribution in [-0.2, 0) is 25.6 Å². The molecular formula is C37H64N6O5. The molecule has 2 aromatic heterocycles. The fraction of sp³-hybridized carbons (Fsp3) is 0.757. The Kier molecular flexibility index (Phi) is 21.2. The van der Waals surface area contributed by atoms with Crippen molar-refractivity contribution < 1.29 is 19.1 Å². The van der Waals surface area contributed by atoms with Gasteiger partial charge in [0.2, 0.25) is 5.95 Å². The zero-order valence-electron chi connectivity index (χ0n) is 30.1. The molecule has 0 saturated heterocycles. The monoisotopic (exact) mass is 672 g/mol. The van der Waals surface area contributed by atoms with Crippen molar-refractivity contribution in [1.82, 2.24) is 19.5 Å². The van der Waals surface area contributed by atoms with E-state index in [4.69, 9.17) is 20.9 Å². The summed E-state index contributed by atoms with van der Waals surface area (Å²) in [5, 5.41) is 0. The van der Waals surface area contributed by atoms with Gasteiger partial charge in [-0.3, -0.25) is 19.4 Å². The number of nitrogen functional groups attached to an aromatic ring is 1. The average Bonchev–Trinajstić information content (AvgIpc) is 3.46. The van der Waals surface area contributed by atoms with E-state index in [1.54, 1.807) is 4.57 Å². The minimum Gasteiger partial charge on any atom is -0.465 e. The molecule has 0 amide bonds. The molecule has 11 nitrogen and oxygen atoms in total. The van der Waals surface area contributed by atoms with E-state index in [2.05, 4.69) is 34.0 Å². The summed E-state index contributed by atoms with van der Waals surface area (Å²) < 4.78 is 12.7. The zero-order valence-corrected chi connectivity index (χ0v) is 30.1. The number of anilines is 1. The maximum atomic E-state index is 12.6. The summed E-state index contributed by atoms with van der Waals surface area (Å²) in [5.41, 5.74) is 11.7. The third-order valence-electron chi connectivity index (χ3n) is 8.83. The van der Waals surface area contributed by atoms with Crippen molar-refractivity contribution in [3.05, 3.63) is 28.8 Å². The lowest BCUT2D eigenvalue weighted by atomic mass is 10.1. The van der Waals surface area contributed by atoms with Crippen LogP contribution in [0.4, 0.5) is 5.95 Å². The second-order valence-electron chi connectivity index (χ2n) is 13.5. The number of esters is 2. The number of fused-ring (bicyclic) bond motifs is 1. The molecule has 0 saturated carbocycles. The van der Waals surface area contributed by atoms with E-state index in [0.29, 0.717) is 25.0 Å². The summed E-state index contributed by atoms with van der Waals surface area (Å²) in [4.78, 5) is 47.8. The van der Waals surface area contributed by atoms with E-state index in [1.807, 2.05) is 13.8 Å². The summed E-state index contributed by atoms with van der Waals surface area (Å²) in [6.07, 6.45) is 28.3. The molecule has 0 aliphatic carbocycles. The summed E-state index contributed by atoms with van der Waals surface area (Å²) in [5.74, 6) is -0.960. The fourth-order valence-corrected chi connectivity index (χ4v) is 5.63. The second-order valence-corrected chi connectivity index (χ2v) is 13.5. The molecule has 0 unspecified atom stereocenters. The maximum Gasteiger partial charge on any atom is 0.323 e. The van der Waals surface area contributed by atoms with Crippen molar-refractivity contribution in [1.29, 1.82) is 0 Å². The molecule has 0 radical (unpaired) electrons. The number of hydrogen-bond donors (Lipinski definition) is 3. The quantitative estimate of drug-likeness (QED) is 0.0474. The van der Waals surface area contributed by atoms with Crippen molar-refractivity contribution in [3.63, 3.8) is 0 Å². The number of carbonyl (C=O) groups excluding carboxylic acids is 2. The Balaban J connectivity index is 1.61. The first kappa shape index (κ1) is 41.0. The van der Waals surface area contributed by atoms with Gasteiger partial charge in [0.1, 0.15) is 6.04 Å². The van der Waals surface area contributed by atoms with Crippen molar-refractivity contribution >= 4 is 29.1 Å². The number of nitrogens with two attached hydrogens (primary N) is 2. The molecule has 272 valence electrons. The molecule has 0 spiro atoms. The smallest absolute Gasteiger partial charge is 0.323 e. The molecule has 0 bridgehead atoms. The first-order valence-electron chi connectivity index (χ1n) is 18.7. The van der Waals surface area contributed by atoms with Gasteiger partial charge < -0.3 is 25.5 Å². The van der Waals surface area contributed by atoms with Crippen molar-refractivity contribution in [2.75, 3.05) is 18.9 Å². The predicted octanol–water partition coefficient (Wildman–Crippen LogP) is 7.38. The molecule has 0 aliphatic rings. The van der Waals surface area contributed by atoms with Crippen molar-refractivity contribution in [2.24, 2.45) is 17.6 Å². The molecule has 0 fully saturated rings.